The van der Waals surface area contributed by atoms with Gasteiger partial charge < -0.3 is 10.6 Å². The molecule has 2 aliphatic heterocycles. The summed E-state index contributed by atoms with van der Waals surface area (Å²) in [6, 6.07) is 3.76. The number of pyridine rings is 1. The maximum absolute atomic E-state index is 13.1. The number of nitrogens with two attached hydrogens (primary N) is 1. The zero-order chi connectivity index (χ0) is 21.6. The lowest BCUT2D eigenvalue weighted by molar-refractivity contribution is -0.122. The van der Waals surface area contributed by atoms with Crippen LogP contribution in [0.5, 0.6) is 0 Å². The Labute approximate surface area is 177 Å². The zero-order valence-corrected chi connectivity index (χ0v) is 18.2. The molecule has 2 aliphatic rings. The van der Waals surface area contributed by atoms with Crippen LogP contribution in [-0.2, 0) is 24.8 Å². The lowest BCUT2D eigenvalue weighted by Crippen LogP contribution is -2.43. The lowest BCUT2D eigenvalue weighted by atomic mass is 9.91. The summed E-state index contributed by atoms with van der Waals surface area (Å²) in [6.45, 7) is 7.71. The van der Waals surface area contributed by atoms with Gasteiger partial charge in [-0.05, 0) is 44.7 Å². The number of rotatable bonds is 3. The predicted octanol–water partition coefficient (Wildman–Crippen LogP) is 2.42. The lowest BCUT2D eigenvalue weighted by Gasteiger charge is -2.34. The fraction of sp³-hybridized carbons (Fsp3) is 0.545. The number of likely N-dealkylation sites (tertiary alicyclic amines) is 1. The second-order valence-corrected chi connectivity index (χ2v) is 8.64. The molecule has 1 saturated heterocycles. The molecule has 8 nitrogen and oxygen atoms in total. The molecule has 0 radical (unpaired) electrons. The summed E-state index contributed by atoms with van der Waals surface area (Å²) < 4.78 is 1.85. The van der Waals surface area contributed by atoms with Gasteiger partial charge in [-0.2, -0.15) is 5.10 Å². The number of hydrogen-bond donors (Lipinski definition) is 1. The van der Waals surface area contributed by atoms with Crippen molar-refractivity contribution >= 4 is 17.8 Å². The van der Waals surface area contributed by atoms with Gasteiger partial charge in [-0.3, -0.25) is 14.4 Å². The maximum Gasteiger partial charge on any atom is 0.314 e. The van der Waals surface area contributed by atoms with Crippen LogP contribution in [0.25, 0.3) is 0 Å². The van der Waals surface area contributed by atoms with Gasteiger partial charge in [0.25, 0.3) is 0 Å². The van der Waals surface area contributed by atoms with Crippen LogP contribution >= 0.6 is 0 Å². The number of carbonyl (C=O) groups excluding carboxylic acids is 2. The minimum absolute atomic E-state index is 0.0810. The standard InChI is InChI=1S/C22H30N6O2/c1-13-10-16-7-8-19(17-6-5-9-27(11-17)22(23)30)24-20(16)28(21(13)29)12-18-14(2)25-26(4)15(18)3/h7-8,13,17H,5-6,9-12H2,1-4H3,(H2,23,30). The molecule has 30 heavy (non-hydrogen) atoms. The van der Waals surface area contributed by atoms with E-state index in [1.165, 1.54) is 0 Å². The predicted molar refractivity (Wildman–Crippen MR) is 114 cm³/mol. The molecule has 4 rings (SSSR count). The van der Waals surface area contributed by atoms with Gasteiger partial charge in [-0.1, -0.05) is 13.0 Å². The van der Waals surface area contributed by atoms with Crippen molar-refractivity contribution in [2.75, 3.05) is 18.0 Å². The molecule has 2 N–H and O–H groups in total. The summed E-state index contributed by atoms with van der Waals surface area (Å²) in [4.78, 5) is 33.2. The molecule has 2 atom stereocenters. The number of amides is 3. The Kier molecular flexibility index (Phi) is 5.26. The van der Waals surface area contributed by atoms with E-state index in [0.29, 0.717) is 26.1 Å². The van der Waals surface area contributed by atoms with E-state index < -0.39 is 0 Å². The van der Waals surface area contributed by atoms with Crippen LogP contribution in [0.2, 0.25) is 0 Å². The van der Waals surface area contributed by atoms with Gasteiger partial charge in [0.2, 0.25) is 5.91 Å². The fourth-order valence-electron chi connectivity index (χ4n) is 4.68. The van der Waals surface area contributed by atoms with E-state index in [9.17, 15) is 9.59 Å². The maximum atomic E-state index is 13.1. The third kappa shape index (κ3) is 3.55. The Morgan fingerprint density at radius 2 is 2.07 bits per heavy atom. The van der Waals surface area contributed by atoms with Crippen molar-refractivity contribution in [3.8, 4) is 0 Å². The molecule has 8 heteroatoms. The number of piperidine rings is 1. The van der Waals surface area contributed by atoms with E-state index in [1.807, 2.05) is 37.4 Å². The Bertz CT molecular complexity index is 998. The van der Waals surface area contributed by atoms with E-state index in [4.69, 9.17) is 10.7 Å². The second-order valence-electron chi connectivity index (χ2n) is 8.64. The molecule has 2 unspecified atom stereocenters. The first kappa shape index (κ1) is 20.4. The number of fused-ring (bicyclic) bond motifs is 1. The van der Waals surface area contributed by atoms with Crippen LogP contribution < -0.4 is 10.6 Å². The summed E-state index contributed by atoms with van der Waals surface area (Å²) >= 11 is 0. The Morgan fingerprint density at radius 1 is 1.30 bits per heavy atom. The minimum Gasteiger partial charge on any atom is -0.351 e. The molecule has 0 aliphatic carbocycles. The van der Waals surface area contributed by atoms with E-state index in [-0.39, 0.29) is 23.8 Å². The van der Waals surface area contributed by atoms with Gasteiger partial charge >= 0.3 is 6.03 Å². The summed E-state index contributed by atoms with van der Waals surface area (Å²) in [5.74, 6) is 0.892. The molecule has 0 spiro atoms. The van der Waals surface area contributed by atoms with E-state index in [2.05, 4.69) is 17.2 Å². The number of aryl methyl sites for hydroxylation is 2. The van der Waals surface area contributed by atoms with Crippen LogP contribution in [0.4, 0.5) is 10.6 Å². The highest BCUT2D eigenvalue weighted by Gasteiger charge is 2.33. The van der Waals surface area contributed by atoms with Crippen molar-refractivity contribution in [3.05, 3.63) is 40.3 Å². The number of carbonyl (C=O) groups is 2. The van der Waals surface area contributed by atoms with Gasteiger partial charge in [-0.15, -0.1) is 0 Å². The summed E-state index contributed by atoms with van der Waals surface area (Å²) in [6.07, 6.45) is 2.56. The van der Waals surface area contributed by atoms with Crippen LogP contribution in [0.1, 0.15) is 53.9 Å². The van der Waals surface area contributed by atoms with E-state index >= 15 is 0 Å². The van der Waals surface area contributed by atoms with Gasteiger partial charge in [0.1, 0.15) is 5.82 Å². The van der Waals surface area contributed by atoms with Crippen molar-refractivity contribution in [1.82, 2.24) is 19.7 Å². The highest BCUT2D eigenvalue weighted by molar-refractivity contribution is 5.96. The van der Waals surface area contributed by atoms with Gasteiger partial charge in [0, 0.05) is 48.9 Å². The Morgan fingerprint density at radius 3 is 2.73 bits per heavy atom. The third-order valence-electron chi connectivity index (χ3n) is 6.57. The van der Waals surface area contributed by atoms with Crippen LogP contribution in [-0.4, -0.2) is 44.7 Å². The average Bonchev–Trinajstić information content (AvgIpc) is 2.96. The first-order chi connectivity index (χ1) is 14.3. The van der Waals surface area contributed by atoms with E-state index in [0.717, 1.165) is 46.9 Å². The minimum atomic E-state index is -0.384. The monoisotopic (exact) mass is 410 g/mol. The molecule has 4 heterocycles. The van der Waals surface area contributed by atoms with Crippen LogP contribution in [0.3, 0.4) is 0 Å². The van der Waals surface area contributed by atoms with Crippen LogP contribution in [0, 0.1) is 19.8 Å². The fourth-order valence-corrected chi connectivity index (χ4v) is 4.68. The number of hydrogen-bond acceptors (Lipinski definition) is 4. The molecule has 2 aromatic rings. The highest BCUT2D eigenvalue weighted by Crippen LogP contribution is 2.34. The third-order valence-corrected chi connectivity index (χ3v) is 6.57. The Hall–Kier alpha value is -2.90. The molecule has 1 fully saturated rings. The zero-order valence-electron chi connectivity index (χ0n) is 18.2. The molecule has 0 aromatic carbocycles. The van der Waals surface area contributed by atoms with Crippen molar-refractivity contribution in [1.29, 1.82) is 0 Å². The average molecular weight is 411 g/mol. The Balaban J connectivity index is 1.69. The number of nitrogens with zero attached hydrogens (tertiary/aromatic N) is 5. The van der Waals surface area contributed by atoms with Crippen molar-refractivity contribution in [2.45, 2.75) is 52.5 Å². The van der Waals surface area contributed by atoms with Crippen molar-refractivity contribution in [3.63, 3.8) is 0 Å². The first-order valence-electron chi connectivity index (χ1n) is 10.6. The largest absolute Gasteiger partial charge is 0.351 e. The normalized spacial score (nSPS) is 21.7. The molecule has 0 saturated carbocycles. The van der Waals surface area contributed by atoms with Crippen molar-refractivity contribution in [2.24, 2.45) is 18.7 Å². The summed E-state index contributed by atoms with van der Waals surface area (Å²) in [5.41, 5.74) is 10.6. The highest BCUT2D eigenvalue weighted by atomic mass is 16.2. The first-order valence-corrected chi connectivity index (χ1v) is 10.6. The van der Waals surface area contributed by atoms with Gasteiger partial charge in [0.05, 0.1) is 12.2 Å². The SMILES string of the molecule is Cc1nn(C)c(C)c1CN1C(=O)C(C)Cc2ccc(C3CCCN(C(N)=O)C3)nc21. The number of aromatic nitrogens is 3. The summed E-state index contributed by atoms with van der Waals surface area (Å²) in [7, 11) is 1.92. The number of anilines is 1. The van der Waals surface area contributed by atoms with Gasteiger partial charge in [0.15, 0.2) is 0 Å². The summed E-state index contributed by atoms with van der Waals surface area (Å²) in [5, 5.41) is 4.50. The van der Waals surface area contributed by atoms with Crippen molar-refractivity contribution < 1.29 is 9.59 Å². The smallest absolute Gasteiger partial charge is 0.314 e. The second kappa shape index (κ2) is 7.74. The molecule has 3 amide bonds. The molecular weight excluding hydrogens is 380 g/mol. The molecule has 0 bridgehead atoms. The van der Waals surface area contributed by atoms with Gasteiger partial charge in [-0.25, -0.2) is 9.78 Å². The quantitative estimate of drug-likeness (QED) is 0.840. The van der Waals surface area contributed by atoms with Crippen LogP contribution in [0.15, 0.2) is 12.1 Å². The number of urea groups is 1. The molecular formula is C22H30N6O2. The topological polar surface area (TPSA) is 97.4 Å². The number of primary amides is 1. The molecule has 2 aromatic heterocycles. The van der Waals surface area contributed by atoms with E-state index in [1.54, 1.807) is 4.90 Å². The molecule has 160 valence electrons.